The SMILES string of the molecule is CC(C)N(C)C[C@@H]1CCCCN1C(=O)Cc1ccc2c(c1)CCCC2=O.Cl. The topological polar surface area (TPSA) is 40.6 Å². The number of rotatable bonds is 5. The molecule has 3 rings (SSSR count). The van der Waals surface area contributed by atoms with Crippen LogP contribution >= 0.6 is 12.4 Å². The Bertz CT molecular complexity index is 674. The molecule has 1 saturated heterocycles. The van der Waals surface area contributed by atoms with Crippen molar-refractivity contribution < 1.29 is 9.59 Å². The van der Waals surface area contributed by atoms with Crippen LogP contribution in [0.5, 0.6) is 0 Å². The molecule has 27 heavy (non-hydrogen) atoms. The average molecular weight is 393 g/mol. The van der Waals surface area contributed by atoms with Crippen LogP contribution in [0.15, 0.2) is 18.2 Å². The van der Waals surface area contributed by atoms with Crippen molar-refractivity contribution in [1.29, 1.82) is 0 Å². The lowest BCUT2D eigenvalue weighted by atomic mass is 9.89. The Labute approximate surface area is 169 Å². The number of ketones is 1. The molecule has 1 aromatic carbocycles. The third-order valence-corrected chi connectivity index (χ3v) is 6.00. The number of aryl methyl sites for hydroxylation is 1. The van der Waals surface area contributed by atoms with Crippen molar-refractivity contribution in [2.45, 2.75) is 70.9 Å². The normalized spacial score (nSPS) is 19.8. The van der Waals surface area contributed by atoms with Crippen LogP contribution < -0.4 is 0 Å². The molecule has 1 aliphatic carbocycles. The van der Waals surface area contributed by atoms with E-state index < -0.39 is 0 Å². The Balaban J connectivity index is 0.00000261. The molecule has 0 spiro atoms. The zero-order valence-electron chi connectivity index (χ0n) is 16.9. The highest BCUT2D eigenvalue weighted by atomic mass is 35.5. The molecule has 0 aromatic heterocycles. The van der Waals surface area contributed by atoms with Gasteiger partial charge in [0.2, 0.25) is 5.91 Å². The summed E-state index contributed by atoms with van der Waals surface area (Å²) in [5, 5.41) is 0. The first-order valence-electron chi connectivity index (χ1n) is 10.1. The van der Waals surface area contributed by atoms with E-state index in [2.05, 4.69) is 36.8 Å². The van der Waals surface area contributed by atoms with Gasteiger partial charge in [0.15, 0.2) is 5.78 Å². The van der Waals surface area contributed by atoms with Crippen molar-refractivity contribution in [2.24, 2.45) is 0 Å². The van der Waals surface area contributed by atoms with E-state index in [1.165, 1.54) is 6.42 Å². The summed E-state index contributed by atoms with van der Waals surface area (Å²) in [6, 6.07) is 6.80. The third-order valence-electron chi connectivity index (χ3n) is 6.00. The predicted octanol–water partition coefficient (Wildman–Crippen LogP) is 3.89. The number of amides is 1. The predicted molar refractivity (Wildman–Crippen MR) is 112 cm³/mol. The van der Waals surface area contributed by atoms with Gasteiger partial charge in [0.05, 0.1) is 6.42 Å². The molecule has 1 fully saturated rings. The van der Waals surface area contributed by atoms with Crippen molar-refractivity contribution in [3.05, 3.63) is 34.9 Å². The first-order valence-corrected chi connectivity index (χ1v) is 10.1. The minimum Gasteiger partial charge on any atom is -0.338 e. The van der Waals surface area contributed by atoms with E-state index in [4.69, 9.17) is 0 Å². The fraction of sp³-hybridized carbons (Fsp3) is 0.636. The van der Waals surface area contributed by atoms with E-state index in [9.17, 15) is 9.59 Å². The van der Waals surface area contributed by atoms with Crippen molar-refractivity contribution in [2.75, 3.05) is 20.1 Å². The molecule has 1 aromatic rings. The zero-order valence-corrected chi connectivity index (χ0v) is 17.7. The van der Waals surface area contributed by atoms with Gasteiger partial charge in [-0.05, 0) is 64.1 Å². The van der Waals surface area contributed by atoms with Gasteiger partial charge in [0.25, 0.3) is 0 Å². The second-order valence-corrected chi connectivity index (χ2v) is 8.22. The van der Waals surface area contributed by atoms with Crippen LogP contribution in [0.4, 0.5) is 0 Å². The van der Waals surface area contributed by atoms with E-state index in [0.717, 1.165) is 55.5 Å². The highest BCUT2D eigenvalue weighted by molar-refractivity contribution is 5.98. The molecule has 0 bridgehead atoms. The molecule has 1 atom stereocenters. The molecule has 0 N–H and O–H groups in total. The summed E-state index contributed by atoms with van der Waals surface area (Å²) in [5.41, 5.74) is 3.04. The van der Waals surface area contributed by atoms with Crippen molar-refractivity contribution in [3.63, 3.8) is 0 Å². The van der Waals surface area contributed by atoms with Gasteiger partial charge in [-0.15, -0.1) is 12.4 Å². The minimum atomic E-state index is 0. The quantitative estimate of drug-likeness (QED) is 0.763. The summed E-state index contributed by atoms with van der Waals surface area (Å²) < 4.78 is 0. The highest BCUT2D eigenvalue weighted by Gasteiger charge is 2.28. The smallest absolute Gasteiger partial charge is 0.227 e. The molecule has 150 valence electrons. The summed E-state index contributed by atoms with van der Waals surface area (Å²) in [7, 11) is 2.14. The number of hydrogen-bond donors (Lipinski definition) is 0. The molecule has 5 heteroatoms. The molecule has 1 amide bonds. The number of carbonyl (C=O) groups excluding carboxylic acids is 2. The van der Waals surface area contributed by atoms with Gasteiger partial charge in [0, 0.05) is 37.2 Å². The summed E-state index contributed by atoms with van der Waals surface area (Å²) in [6.45, 7) is 6.22. The first kappa shape index (κ1) is 21.9. The number of fused-ring (bicyclic) bond motifs is 1. The Hall–Kier alpha value is -1.39. The number of nitrogens with zero attached hydrogens (tertiary/aromatic N) is 2. The standard InChI is InChI=1S/C22H32N2O2.ClH/c1-16(2)23(3)15-19-8-4-5-12-24(19)22(26)14-17-10-11-20-18(13-17)7-6-9-21(20)25;/h10-11,13,16,19H,4-9,12,14-15H2,1-3H3;1H/t19-;/m0./s1. The minimum absolute atomic E-state index is 0. The maximum atomic E-state index is 13.0. The van der Waals surface area contributed by atoms with Gasteiger partial charge in [-0.25, -0.2) is 0 Å². The number of halogens is 1. The highest BCUT2D eigenvalue weighted by Crippen LogP contribution is 2.24. The number of likely N-dealkylation sites (tertiary alicyclic amines) is 1. The molecule has 1 heterocycles. The summed E-state index contributed by atoms with van der Waals surface area (Å²) in [4.78, 5) is 29.4. The molecule has 4 nitrogen and oxygen atoms in total. The molecular weight excluding hydrogens is 360 g/mol. The molecule has 0 unspecified atom stereocenters. The Morgan fingerprint density at radius 2 is 2.00 bits per heavy atom. The average Bonchev–Trinajstić information content (AvgIpc) is 2.62. The molecular formula is C22H33ClN2O2. The Morgan fingerprint density at radius 1 is 1.22 bits per heavy atom. The van der Waals surface area contributed by atoms with E-state index in [-0.39, 0.29) is 24.1 Å². The van der Waals surface area contributed by atoms with Crippen molar-refractivity contribution in [3.8, 4) is 0 Å². The molecule has 1 aliphatic heterocycles. The summed E-state index contributed by atoms with van der Waals surface area (Å²) in [6.07, 6.45) is 6.40. The first-order chi connectivity index (χ1) is 12.5. The fourth-order valence-electron chi connectivity index (χ4n) is 4.15. The van der Waals surface area contributed by atoms with Crippen LogP contribution in [-0.4, -0.2) is 53.7 Å². The number of likely N-dealkylation sites (N-methyl/N-ethyl adjacent to an activating group) is 1. The Morgan fingerprint density at radius 3 is 2.74 bits per heavy atom. The van der Waals surface area contributed by atoms with Gasteiger partial charge in [-0.1, -0.05) is 18.2 Å². The van der Waals surface area contributed by atoms with E-state index in [1.54, 1.807) is 0 Å². The lowest BCUT2D eigenvalue weighted by Crippen LogP contribution is -2.50. The zero-order chi connectivity index (χ0) is 18.7. The van der Waals surface area contributed by atoms with Gasteiger partial charge < -0.3 is 9.80 Å². The van der Waals surface area contributed by atoms with Gasteiger partial charge in [-0.2, -0.15) is 0 Å². The molecule has 0 radical (unpaired) electrons. The number of benzene rings is 1. The fourth-order valence-corrected chi connectivity index (χ4v) is 4.15. The van der Waals surface area contributed by atoms with Crippen molar-refractivity contribution in [1.82, 2.24) is 9.80 Å². The summed E-state index contributed by atoms with van der Waals surface area (Å²) >= 11 is 0. The van der Waals surface area contributed by atoms with Crippen LogP contribution in [0.1, 0.15) is 67.4 Å². The monoisotopic (exact) mass is 392 g/mol. The number of Topliss-reactive ketones (excluding diaryl/α,β-unsaturated/α-hetero) is 1. The van der Waals surface area contributed by atoms with Crippen LogP contribution in [0.2, 0.25) is 0 Å². The van der Waals surface area contributed by atoms with Gasteiger partial charge >= 0.3 is 0 Å². The van der Waals surface area contributed by atoms with E-state index in [0.29, 0.717) is 24.9 Å². The molecule has 0 saturated carbocycles. The third kappa shape index (κ3) is 5.32. The second-order valence-electron chi connectivity index (χ2n) is 8.22. The Kier molecular flexibility index (Phi) is 7.87. The van der Waals surface area contributed by atoms with Crippen LogP contribution in [0.25, 0.3) is 0 Å². The van der Waals surface area contributed by atoms with Gasteiger partial charge in [-0.3, -0.25) is 9.59 Å². The maximum Gasteiger partial charge on any atom is 0.227 e. The van der Waals surface area contributed by atoms with E-state index >= 15 is 0 Å². The van der Waals surface area contributed by atoms with E-state index in [1.807, 2.05) is 12.1 Å². The second kappa shape index (κ2) is 9.70. The van der Waals surface area contributed by atoms with Crippen LogP contribution in [-0.2, 0) is 17.6 Å². The number of carbonyl (C=O) groups is 2. The maximum absolute atomic E-state index is 13.0. The number of piperidine rings is 1. The number of hydrogen-bond acceptors (Lipinski definition) is 3. The van der Waals surface area contributed by atoms with Crippen LogP contribution in [0.3, 0.4) is 0 Å². The van der Waals surface area contributed by atoms with Crippen molar-refractivity contribution >= 4 is 24.1 Å². The van der Waals surface area contributed by atoms with Gasteiger partial charge in [0.1, 0.15) is 0 Å². The van der Waals surface area contributed by atoms with Crippen LogP contribution in [0, 0.1) is 0 Å². The lowest BCUT2D eigenvalue weighted by molar-refractivity contribution is -0.134. The molecule has 2 aliphatic rings. The largest absolute Gasteiger partial charge is 0.338 e. The summed E-state index contributed by atoms with van der Waals surface area (Å²) in [5.74, 6) is 0.478. The lowest BCUT2D eigenvalue weighted by Gasteiger charge is -2.39.